The molecule has 0 unspecified atom stereocenters. The second kappa shape index (κ2) is 56.8. The molecule has 0 spiro atoms. The van der Waals surface area contributed by atoms with Gasteiger partial charge in [-0.25, -0.2) is 9.59 Å². The standard InChI is InChI=1S/C30H31Cl2N3O3.C29H29Cl2N3O3.I36/c1-34-17-23(30(36)37-2)21-9-8-20(16-26(21)34)18-10-13-35(14-11-18)15-12-22-28(33-38-29(22)19-6-7-19)27-24(31)4-3-5-25(27)32;1-33-16-22(29(35)36)20-8-7-19(15-25(20)33)17-9-12-34(13-10-17)14-11-21-27(32-37-28(21)18-5-6-18)26-23(30)3-2-4-24(26)31;1-20(2)22(5)24(7)26(9)28(11)30(13)32(15)34(17)36(19)35(18)33(16)31(14)29(12)27(10)25(8)23(6)21(3)4/h3-5,8-9,16-19H,6-7,10-15H2,1-2H3;2-4,7-8,15-18H,5-6,9-14H2,1H3,(H,35,36);. The summed E-state index contributed by atoms with van der Waals surface area (Å²) >= 11 is 86.7. The molecule has 4 aromatic carbocycles. The Labute approximate surface area is 914 Å². The van der Waals surface area contributed by atoms with Gasteiger partial charge in [0.15, 0.2) is 0 Å². The Balaban J connectivity index is 0.000000177. The zero-order chi connectivity index (χ0) is 80.9. The summed E-state index contributed by atoms with van der Waals surface area (Å²) < 4.78 is 20.6. The quantitative estimate of drug-likeness (QED) is 0.0343. The Hall–Kier alpha value is 20.7. The van der Waals surface area contributed by atoms with Crippen LogP contribution in [-0.4, -0.2) is 92.7 Å². The molecule has 0 radical (unpaired) electrons. The van der Waals surface area contributed by atoms with Gasteiger partial charge < -0.3 is 37.8 Å². The van der Waals surface area contributed by atoms with Crippen molar-refractivity contribution in [3.8, 4) is 22.5 Å². The van der Waals surface area contributed by atoms with Crippen molar-refractivity contribution >= 4 is 568 Å². The first-order chi connectivity index (χ1) is 52.6. The third kappa shape index (κ3) is 32.3. The molecule has 12 nitrogen and oxygen atoms in total. The van der Waals surface area contributed by atoms with Gasteiger partial charge in [0.2, 0.25) is 0 Å². The van der Waals surface area contributed by atoms with Crippen LogP contribution in [0.15, 0.2) is 94.2 Å². The second-order valence-corrected chi connectivity index (χ2v) is 854. The topological polar surface area (TPSA) is 132 Å². The van der Waals surface area contributed by atoms with Gasteiger partial charge in [0, 0.05) is 95.5 Å². The van der Waals surface area contributed by atoms with Crippen molar-refractivity contribution in [2.24, 2.45) is 14.1 Å². The predicted octanol–water partition coefficient (Wildman–Crippen LogP) is 46.2. The molecule has 0 bridgehead atoms. The van der Waals surface area contributed by atoms with Gasteiger partial charge in [0.1, 0.15) is 22.9 Å². The van der Waals surface area contributed by atoms with E-state index in [2.05, 4.69) is 404 Å². The number of carboxylic acid groups (broad SMARTS) is 1. The second-order valence-electron chi connectivity index (χ2n) is 23.6. The van der Waals surface area contributed by atoms with Crippen molar-refractivity contribution in [1.29, 1.82) is 0 Å². The van der Waals surface area contributed by atoms with Gasteiger partial charge >= 0.3 is 500 Å². The van der Waals surface area contributed by atoms with E-state index in [9.17, 15) is 14.7 Å². The number of aromatic carboxylic acids is 1. The first-order valence-electron chi connectivity index (χ1n) is 31.1. The molecule has 8 aromatic rings. The fourth-order valence-corrected chi connectivity index (χ4v) is 6300. The number of halogens is 40. The number of carbonyl (C=O) groups excluding carboxylic acids is 1. The van der Waals surface area contributed by atoms with Crippen LogP contribution in [0.25, 0.3) is 44.3 Å². The van der Waals surface area contributed by atoms with E-state index in [-0.39, 0.29) is 5.97 Å². The van der Waals surface area contributed by atoms with Crippen LogP contribution in [0, 0.1) is 0 Å². The fourth-order valence-electron chi connectivity index (χ4n) is 12.0. The van der Waals surface area contributed by atoms with Crippen molar-refractivity contribution in [3.63, 3.8) is 0 Å². The molecule has 4 fully saturated rings. The van der Waals surface area contributed by atoms with Crippen LogP contribution in [0.1, 0.15) is 130 Å². The number of likely N-dealkylation sites (tertiary alicyclic amines) is 2. The normalized spacial score (nSPS) is 17.5. The summed E-state index contributed by atoms with van der Waals surface area (Å²) in [6.07, 6.45) is 14.2. The Morgan fingerprint density at radius 3 is 1.03 bits per heavy atom. The number of hydrogen-bond donors (Lipinski definition) is 1. The number of aromatic nitrogens is 4. The molecule has 2 aliphatic heterocycles. The molecule has 6 heterocycles. The minimum absolute atomic E-state index is 0.297. The molecule has 12 rings (SSSR count). The van der Waals surface area contributed by atoms with Crippen LogP contribution in [0.4, 0.5) is 0 Å². The van der Waals surface area contributed by atoms with Gasteiger partial charge in [0.25, 0.3) is 0 Å². The SMILES string of the molecule is COC(=O)c1cn(C)c2cc(C3CCN(CCc4c(-c5c(Cl)cccc5Cl)noc4C4CC4)CC3)ccc12.Cn1cc(C(=O)O)c2ccc(C3CCN(CCc4c(-c5c(Cl)cccc5Cl)noc4C4CC4)CC3)cc21.II(I)I(I)I(I)I(I)I(I)I(I)I(I)I(I)I(I)I(I)I(I)I(I)I(I)I(I)I(I)I(I)I(I)I. The third-order valence-corrected chi connectivity index (χ3v) is 2660. The number of carboxylic acids is 1. The Morgan fingerprint density at radius 2 is 0.739 bits per heavy atom. The Morgan fingerprint density at radius 1 is 0.441 bits per heavy atom. The van der Waals surface area contributed by atoms with Crippen molar-refractivity contribution in [2.45, 2.75) is 87.9 Å². The molecular weight excluding hydrogens is 5600 g/mol. The Bertz CT molecular complexity index is 4390. The van der Waals surface area contributed by atoms with Gasteiger partial charge in [-0.1, -0.05) is 93.1 Å². The fraction of sp³-hybridized carbons (Fsp3) is 0.390. The first kappa shape index (κ1) is 114. The first-order valence-corrected chi connectivity index (χ1v) is 253. The van der Waals surface area contributed by atoms with E-state index in [1.54, 1.807) is 6.20 Å². The third-order valence-electron chi connectivity index (χ3n) is 17.4. The molecule has 2 saturated heterocycles. The molecule has 0 amide bonds. The van der Waals surface area contributed by atoms with Gasteiger partial charge in [0.05, 0.1) is 38.3 Å². The van der Waals surface area contributed by atoms with Crippen molar-refractivity contribution < 1.29 is 28.5 Å². The molecule has 2 saturated carbocycles. The zero-order valence-electron chi connectivity index (χ0n) is 56.0. The monoisotopic (exact) mass is 5660 g/mol. The number of aryl methyl sites for hydroxylation is 2. The van der Waals surface area contributed by atoms with Crippen molar-refractivity contribution in [3.05, 3.63) is 150 Å². The van der Waals surface area contributed by atoms with E-state index < -0.39 is 140 Å². The Kier molecular flexibility index (Phi) is 58.2. The maximum absolute atomic E-state index is 12.1. The van der Waals surface area contributed by atoms with E-state index >= 15 is 0 Å². The summed E-state index contributed by atoms with van der Waals surface area (Å²) in [4.78, 5) is 28.7. The maximum atomic E-state index is 12.1. The summed E-state index contributed by atoms with van der Waals surface area (Å²) in [5, 5.41) is 22.5. The summed E-state index contributed by atoms with van der Waals surface area (Å²) in [7, 11) is -3.02. The van der Waals surface area contributed by atoms with E-state index in [0.717, 1.165) is 170 Å². The summed E-state index contributed by atoms with van der Waals surface area (Å²) in [6.45, 7) is 5.99. The number of benzene rings is 4. The van der Waals surface area contributed by atoms with Crippen LogP contribution in [0.3, 0.4) is 0 Å². The number of fused-ring (bicyclic) bond motifs is 2. The minimum atomic E-state index is -0.885. The van der Waals surface area contributed by atoms with E-state index in [4.69, 9.17) is 60.2 Å². The van der Waals surface area contributed by atoms with E-state index in [1.165, 1.54) is 18.2 Å². The number of rotatable bonds is 30. The molecule has 0 atom stereocenters. The van der Waals surface area contributed by atoms with Crippen LogP contribution >= 0.6 is 534 Å². The summed E-state index contributed by atoms with van der Waals surface area (Å²) in [5.41, 5.74) is 11.0. The number of nitrogens with zero attached hydrogens (tertiary/aromatic N) is 6. The molecular formula is C59H60Cl4I36N6O6. The van der Waals surface area contributed by atoms with E-state index in [1.807, 2.05) is 71.9 Å². The van der Waals surface area contributed by atoms with E-state index in [0.29, 0.717) is 54.9 Å². The number of hydrogen-bond acceptors (Lipinski definition) is 9. The van der Waals surface area contributed by atoms with Crippen molar-refractivity contribution in [1.82, 2.24) is 29.2 Å². The number of piperidine rings is 2. The zero-order valence-corrected chi connectivity index (χ0v) is 137. The van der Waals surface area contributed by atoms with Gasteiger partial charge in [-0.15, -0.1) is 0 Å². The van der Waals surface area contributed by atoms with Crippen LogP contribution in [0.2, 0.25) is 20.1 Å². The van der Waals surface area contributed by atoms with Crippen LogP contribution in [0.5, 0.6) is 0 Å². The number of ether oxygens (including phenoxy) is 1. The molecule has 111 heavy (non-hydrogen) atoms. The van der Waals surface area contributed by atoms with Crippen LogP contribution < -0.4 is 0 Å². The molecule has 4 aromatic heterocycles. The van der Waals surface area contributed by atoms with Gasteiger partial charge in [-0.05, 0) is 150 Å². The number of carbonyl (C=O) groups is 2. The van der Waals surface area contributed by atoms with Gasteiger partial charge in [-0.3, -0.25) is 0 Å². The average Bonchev–Trinajstić information content (AvgIpc) is 1.63. The molecule has 2 aliphatic carbocycles. The average molecular weight is 5660 g/mol. The molecule has 52 heteroatoms. The summed E-state index contributed by atoms with van der Waals surface area (Å²) in [6, 6.07) is 23.8. The molecule has 642 valence electrons. The van der Waals surface area contributed by atoms with Crippen molar-refractivity contribution in [2.75, 3.05) is 46.4 Å². The molecule has 1 N–H and O–H groups in total. The predicted molar refractivity (Wildman–Crippen MR) is 801 cm³/mol. The molecule has 4 aliphatic rings. The summed E-state index contributed by atoms with van der Waals surface area (Å²) in [5.74, 6) is 2.72. The van der Waals surface area contributed by atoms with Gasteiger partial charge in [-0.2, -0.15) is 0 Å². The van der Waals surface area contributed by atoms with Crippen LogP contribution in [-0.2, 0) is 31.7 Å². The number of methoxy groups -OCH3 is 1. The number of esters is 1.